The van der Waals surface area contributed by atoms with Crippen molar-refractivity contribution in [3.8, 4) is 0 Å². The summed E-state index contributed by atoms with van der Waals surface area (Å²) in [5, 5.41) is 0. The molecule has 0 saturated carbocycles. The van der Waals surface area contributed by atoms with Gasteiger partial charge in [0.25, 0.3) is 0 Å². The van der Waals surface area contributed by atoms with Gasteiger partial charge in [-0.1, -0.05) is 135 Å². The van der Waals surface area contributed by atoms with Crippen LogP contribution in [0, 0.1) is 0 Å². The van der Waals surface area contributed by atoms with Crippen molar-refractivity contribution in [2.75, 3.05) is 4.90 Å². The van der Waals surface area contributed by atoms with Crippen molar-refractivity contribution < 1.29 is 0 Å². The van der Waals surface area contributed by atoms with Crippen LogP contribution >= 0.6 is 31.9 Å². The largest absolute Gasteiger partial charge is 0.311 e. The number of allylic oxidation sites excluding steroid dienone is 4. The van der Waals surface area contributed by atoms with Gasteiger partial charge in [-0.2, -0.15) is 0 Å². The first kappa shape index (κ1) is 34.4. The van der Waals surface area contributed by atoms with Gasteiger partial charge in [-0.3, -0.25) is 0 Å². The molecule has 0 radical (unpaired) electrons. The average molecular weight is 754 g/mol. The lowest BCUT2D eigenvalue weighted by molar-refractivity contribution is 0.833. The smallest absolute Gasteiger partial charge is 0.0861 e. The maximum Gasteiger partial charge on any atom is 0.0861 e. The van der Waals surface area contributed by atoms with Crippen LogP contribution in [0.5, 0.6) is 0 Å². The Morgan fingerprint density at radius 1 is 0.674 bits per heavy atom. The van der Waals surface area contributed by atoms with E-state index in [1.165, 1.54) is 33.4 Å². The van der Waals surface area contributed by atoms with Crippen LogP contribution in [-0.2, 0) is 0 Å². The molecule has 46 heavy (non-hydrogen) atoms. The zero-order chi connectivity index (χ0) is 33.0. The first-order valence-electron chi connectivity index (χ1n) is 16.7. The van der Waals surface area contributed by atoms with Crippen molar-refractivity contribution in [1.82, 2.24) is 0 Å². The first-order valence-corrected chi connectivity index (χ1v) is 20.6. The third-order valence-electron chi connectivity index (χ3n) is 9.77. The molecule has 0 aromatic heterocycles. The summed E-state index contributed by atoms with van der Waals surface area (Å²) in [7, 11) is -1.83. The van der Waals surface area contributed by atoms with Crippen LogP contribution in [0.2, 0.25) is 16.6 Å². The molecule has 1 nitrogen and oxygen atoms in total. The summed E-state index contributed by atoms with van der Waals surface area (Å²) in [5.41, 5.74) is 16.3. The summed E-state index contributed by atoms with van der Waals surface area (Å²) < 4.78 is 2.14. The average Bonchev–Trinajstić information content (AvgIpc) is 3.39. The summed E-state index contributed by atoms with van der Waals surface area (Å²) >= 11 is 7.23. The van der Waals surface area contributed by atoms with Gasteiger partial charge in [-0.15, -0.1) is 0 Å². The minimum absolute atomic E-state index is 0.652. The molecule has 1 aliphatic rings. The molecule has 0 aliphatic heterocycles. The Labute approximate surface area is 295 Å². The van der Waals surface area contributed by atoms with Gasteiger partial charge < -0.3 is 4.90 Å². The fourth-order valence-electron chi connectivity index (χ4n) is 7.46. The summed E-state index contributed by atoms with van der Waals surface area (Å²) in [4.78, 5) is 2.32. The lowest BCUT2D eigenvalue weighted by Gasteiger charge is -2.41. The van der Waals surface area contributed by atoms with E-state index in [0.29, 0.717) is 16.6 Å². The molecule has 0 spiro atoms. The topological polar surface area (TPSA) is 3.24 Å². The Hall–Kier alpha value is -2.92. The molecule has 5 rings (SSSR count). The van der Waals surface area contributed by atoms with Gasteiger partial charge in [0.05, 0.1) is 8.07 Å². The van der Waals surface area contributed by atoms with Crippen molar-refractivity contribution in [1.29, 1.82) is 0 Å². The second kappa shape index (κ2) is 14.9. The van der Waals surface area contributed by atoms with Crippen molar-refractivity contribution in [2.24, 2.45) is 0 Å². The van der Waals surface area contributed by atoms with E-state index < -0.39 is 8.07 Å². The van der Waals surface area contributed by atoms with Crippen LogP contribution in [0.3, 0.4) is 0 Å². The van der Waals surface area contributed by atoms with E-state index in [9.17, 15) is 0 Å². The fourth-order valence-corrected chi connectivity index (χ4v) is 13.8. The molecule has 0 amide bonds. The van der Waals surface area contributed by atoms with Crippen molar-refractivity contribution in [3.05, 3.63) is 140 Å². The quantitative estimate of drug-likeness (QED) is 0.138. The maximum absolute atomic E-state index is 3.61. The predicted molar refractivity (Wildman–Crippen MR) is 213 cm³/mol. The van der Waals surface area contributed by atoms with Crippen LogP contribution in [-0.4, -0.2) is 8.07 Å². The summed E-state index contributed by atoms with van der Waals surface area (Å²) in [6, 6.07) is 35.3. The lowest BCUT2D eigenvalue weighted by Crippen LogP contribution is -2.43. The minimum Gasteiger partial charge on any atom is -0.311 e. The minimum atomic E-state index is -1.83. The summed E-state index contributed by atoms with van der Waals surface area (Å²) in [6.07, 6.45) is 7.09. The van der Waals surface area contributed by atoms with Crippen molar-refractivity contribution in [2.45, 2.75) is 77.9 Å². The Bertz CT molecular complexity index is 1660. The van der Waals surface area contributed by atoms with Gasteiger partial charge in [0.2, 0.25) is 0 Å². The molecule has 4 aromatic rings. The number of hydrogen-bond donors (Lipinski definition) is 0. The van der Waals surface area contributed by atoms with Crippen LogP contribution < -0.4 is 4.90 Å². The predicted octanol–water partition coefficient (Wildman–Crippen LogP) is 14.6. The Kier molecular flexibility index (Phi) is 11.1. The van der Waals surface area contributed by atoms with Gasteiger partial charge in [-0.05, 0) is 123 Å². The van der Waals surface area contributed by atoms with Crippen LogP contribution in [0.1, 0.15) is 78.0 Å². The molecular weight excluding hydrogens is 706 g/mol. The zero-order valence-electron chi connectivity index (χ0n) is 28.3. The second-order valence-corrected chi connectivity index (χ2v) is 21.0. The van der Waals surface area contributed by atoms with Crippen LogP contribution in [0.25, 0.3) is 17.2 Å². The molecule has 1 aliphatic carbocycles. The number of rotatable bonds is 11. The molecule has 0 N–H and O–H groups in total. The fraction of sp³-hybridized carbons (Fsp3) is 0.286. The number of benzene rings is 4. The highest BCUT2D eigenvalue weighted by molar-refractivity contribution is 9.10. The van der Waals surface area contributed by atoms with Gasteiger partial charge in [0, 0.05) is 26.0 Å². The second-order valence-electron chi connectivity index (χ2n) is 13.4. The monoisotopic (exact) mass is 751 g/mol. The van der Waals surface area contributed by atoms with E-state index in [0.717, 1.165) is 38.8 Å². The molecule has 4 aromatic carbocycles. The lowest BCUT2D eigenvalue weighted by atomic mass is 9.92. The first-order chi connectivity index (χ1) is 22.1. The highest BCUT2D eigenvalue weighted by Gasteiger charge is 2.42. The Morgan fingerprint density at radius 3 is 1.63 bits per heavy atom. The number of hydrogen-bond acceptors (Lipinski definition) is 1. The standard InChI is InChI=1S/C42H47Br2NSi/c1-8-9-13-39(41-27-33-12-10-11-14-40(33)42(41)28-46(29(2)3,30(4)5)31(6)7)32-15-21-36(22-16-32)45(37-23-17-34(43)18-24-37)38-25-19-35(44)20-26-38/h10-31H,8-9H2,1-7H3/b39-13+,42-28-. The van der Waals surface area contributed by atoms with E-state index in [1.54, 1.807) is 0 Å². The third-order valence-corrected chi connectivity index (χ3v) is 17.6. The normalized spacial score (nSPS) is 14.4. The van der Waals surface area contributed by atoms with Crippen LogP contribution in [0.4, 0.5) is 17.1 Å². The van der Waals surface area contributed by atoms with Gasteiger partial charge >= 0.3 is 0 Å². The molecule has 0 bridgehead atoms. The Balaban J connectivity index is 1.63. The number of unbranched alkanes of at least 4 members (excludes halogenated alkanes) is 1. The summed E-state index contributed by atoms with van der Waals surface area (Å²) in [5.74, 6) is 0. The number of fused-ring (bicyclic) bond motifs is 1. The van der Waals surface area contributed by atoms with E-state index in [4.69, 9.17) is 0 Å². The number of nitrogens with zero attached hydrogens (tertiary/aromatic N) is 1. The van der Waals surface area contributed by atoms with E-state index in [-0.39, 0.29) is 0 Å². The molecular formula is C42H47Br2NSi. The Morgan fingerprint density at radius 2 is 1.15 bits per heavy atom. The molecule has 0 heterocycles. The van der Waals surface area contributed by atoms with Gasteiger partial charge in [-0.25, -0.2) is 0 Å². The van der Waals surface area contributed by atoms with E-state index in [1.807, 2.05) is 0 Å². The highest BCUT2D eigenvalue weighted by Crippen LogP contribution is 2.49. The molecule has 0 fully saturated rings. The van der Waals surface area contributed by atoms with E-state index in [2.05, 4.69) is 200 Å². The highest BCUT2D eigenvalue weighted by atomic mass is 79.9. The van der Waals surface area contributed by atoms with Crippen LogP contribution in [0.15, 0.2) is 123 Å². The van der Waals surface area contributed by atoms with Gasteiger partial charge in [0.15, 0.2) is 0 Å². The molecule has 0 atom stereocenters. The third kappa shape index (κ3) is 7.00. The number of anilines is 3. The molecule has 0 unspecified atom stereocenters. The SMILES string of the molecule is CCC/C=C(/C1=Cc2ccccc2/C1=C/[Si](C(C)C)(C(C)C)C(C)C)c1ccc(N(c2ccc(Br)cc2)c2ccc(Br)cc2)cc1. The maximum atomic E-state index is 3.61. The van der Waals surface area contributed by atoms with E-state index >= 15 is 0 Å². The molecule has 4 heteroatoms. The van der Waals surface area contributed by atoms with Crippen molar-refractivity contribution in [3.63, 3.8) is 0 Å². The van der Waals surface area contributed by atoms with Crippen molar-refractivity contribution >= 4 is 74.2 Å². The molecule has 238 valence electrons. The van der Waals surface area contributed by atoms with Gasteiger partial charge in [0.1, 0.15) is 0 Å². The number of halogens is 2. The zero-order valence-corrected chi connectivity index (χ0v) is 32.5. The summed E-state index contributed by atoms with van der Waals surface area (Å²) in [6.45, 7) is 17.0. The molecule has 0 saturated heterocycles.